The van der Waals surface area contributed by atoms with Gasteiger partial charge in [-0.3, -0.25) is 0 Å². The summed E-state index contributed by atoms with van der Waals surface area (Å²) in [5.74, 6) is 0. The molecule has 0 aromatic rings. The Bertz CT molecular complexity index is 61.5. The van der Waals surface area contributed by atoms with E-state index in [2.05, 4.69) is 36.4 Å². The molecule has 0 aromatic carbocycles. The predicted molar refractivity (Wildman–Crippen MR) is 44.6 cm³/mol. The van der Waals surface area contributed by atoms with Crippen molar-refractivity contribution < 1.29 is 4.74 Å². The highest BCUT2D eigenvalue weighted by Gasteiger charge is 2.13. The number of alkyl halides is 1. The van der Waals surface area contributed by atoms with Crippen molar-refractivity contribution in [2.24, 2.45) is 0 Å². The van der Waals surface area contributed by atoms with Gasteiger partial charge in [-0.05, 0) is 20.3 Å². The van der Waals surface area contributed by atoms with E-state index in [-0.39, 0.29) is 5.60 Å². The van der Waals surface area contributed by atoms with E-state index in [1.54, 1.807) is 7.11 Å². The van der Waals surface area contributed by atoms with Crippen LogP contribution in [-0.2, 0) is 4.74 Å². The first kappa shape index (κ1) is 8.69. The highest BCUT2D eigenvalue weighted by Crippen LogP contribution is 2.13. The van der Waals surface area contributed by atoms with Crippen molar-refractivity contribution in [3.05, 3.63) is 0 Å². The zero-order valence-electron chi connectivity index (χ0n) is 5.70. The molecule has 0 saturated heterocycles. The van der Waals surface area contributed by atoms with Crippen LogP contribution in [0.2, 0.25) is 0 Å². The van der Waals surface area contributed by atoms with E-state index in [0.29, 0.717) is 0 Å². The largest absolute Gasteiger partial charge is 0.379 e. The van der Waals surface area contributed by atoms with Crippen LogP contribution in [0.15, 0.2) is 0 Å². The first-order valence-electron chi connectivity index (χ1n) is 2.73. The van der Waals surface area contributed by atoms with Gasteiger partial charge in [0.15, 0.2) is 0 Å². The van der Waals surface area contributed by atoms with Crippen molar-refractivity contribution >= 4 is 22.6 Å². The van der Waals surface area contributed by atoms with E-state index in [0.717, 1.165) is 6.42 Å². The van der Waals surface area contributed by atoms with Crippen LogP contribution >= 0.6 is 22.6 Å². The molecule has 0 rings (SSSR count). The smallest absolute Gasteiger partial charge is 0.0630 e. The van der Waals surface area contributed by atoms with Gasteiger partial charge in [-0.25, -0.2) is 0 Å². The monoisotopic (exact) mass is 228 g/mol. The number of hydrogen-bond acceptors (Lipinski definition) is 1. The maximum absolute atomic E-state index is 5.17. The van der Waals surface area contributed by atoms with Gasteiger partial charge >= 0.3 is 0 Å². The number of methoxy groups -OCH3 is 1. The van der Waals surface area contributed by atoms with E-state index >= 15 is 0 Å². The lowest BCUT2D eigenvalue weighted by Crippen LogP contribution is -2.22. The molecule has 0 aliphatic carbocycles. The van der Waals surface area contributed by atoms with Crippen molar-refractivity contribution in [2.75, 3.05) is 11.5 Å². The standard InChI is InChI=1S/C6H13IO/c1-6(2,8-3)4-5-7/h4-5H2,1-3H3. The Kier molecular flexibility index (Phi) is 3.98. The third kappa shape index (κ3) is 3.66. The van der Waals surface area contributed by atoms with Crippen LogP contribution in [0.5, 0.6) is 0 Å². The summed E-state index contributed by atoms with van der Waals surface area (Å²) in [5.41, 5.74) is 0.0845. The molecule has 0 radical (unpaired) electrons. The Labute approximate surface area is 64.9 Å². The molecule has 0 atom stereocenters. The Balaban J connectivity index is 3.37. The lowest BCUT2D eigenvalue weighted by atomic mass is 10.1. The van der Waals surface area contributed by atoms with E-state index in [1.165, 1.54) is 4.43 Å². The number of rotatable bonds is 3. The zero-order valence-corrected chi connectivity index (χ0v) is 7.86. The molecule has 0 aromatic heterocycles. The molecule has 1 nitrogen and oxygen atoms in total. The summed E-state index contributed by atoms with van der Waals surface area (Å²) in [6.45, 7) is 4.21. The Morgan fingerprint density at radius 3 is 2.12 bits per heavy atom. The molecule has 0 aliphatic heterocycles. The van der Waals surface area contributed by atoms with Crippen molar-refractivity contribution in [3.8, 4) is 0 Å². The Morgan fingerprint density at radius 2 is 2.00 bits per heavy atom. The van der Waals surface area contributed by atoms with Gasteiger partial charge in [0.05, 0.1) is 5.60 Å². The predicted octanol–water partition coefficient (Wildman–Crippen LogP) is 2.24. The summed E-state index contributed by atoms with van der Waals surface area (Å²) < 4.78 is 6.34. The van der Waals surface area contributed by atoms with Gasteiger partial charge < -0.3 is 4.74 Å². The van der Waals surface area contributed by atoms with Gasteiger partial charge in [-0.1, -0.05) is 22.6 Å². The molecule has 0 fully saturated rings. The fourth-order valence-electron chi connectivity index (χ4n) is 0.330. The van der Waals surface area contributed by atoms with Crippen LogP contribution in [-0.4, -0.2) is 17.1 Å². The summed E-state index contributed by atoms with van der Waals surface area (Å²) in [6, 6.07) is 0. The van der Waals surface area contributed by atoms with Gasteiger partial charge in [0.25, 0.3) is 0 Å². The first-order valence-corrected chi connectivity index (χ1v) is 4.26. The lowest BCUT2D eigenvalue weighted by molar-refractivity contribution is 0.0212. The molecule has 0 saturated carbocycles. The highest BCUT2D eigenvalue weighted by atomic mass is 127. The number of hydrogen-bond donors (Lipinski definition) is 0. The van der Waals surface area contributed by atoms with Crippen molar-refractivity contribution in [1.82, 2.24) is 0 Å². The molecule has 2 heteroatoms. The minimum Gasteiger partial charge on any atom is -0.379 e. The van der Waals surface area contributed by atoms with Gasteiger partial charge in [0, 0.05) is 11.5 Å². The SMILES string of the molecule is COC(C)(C)CCI. The van der Waals surface area contributed by atoms with Crippen LogP contribution in [0.3, 0.4) is 0 Å². The zero-order chi connectivity index (χ0) is 6.62. The maximum Gasteiger partial charge on any atom is 0.0630 e. The normalized spacial score (nSPS) is 12.0. The molecule has 8 heavy (non-hydrogen) atoms. The van der Waals surface area contributed by atoms with Gasteiger partial charge in [-0.15, -0.1) is 0 Å². The molecule has 0 spiro atoms. The average Bonchev–Trinajstić information content (AvgIpc) is 1.67. The third-order valence-corrected chi connectivity index (χ3v) is 1.79. The minimum absolute atomic E-state index is 0.0845. The van der Waals surface area contributed by atoms with Crippen LogP contribution in [0, 0.1) is 0 Å². The van der Waals surface area contributed by atoms with Gasteiger partial charge in [0.1, 0.15) is 0 Å². The molecule has 0 bridgehead atoms. The van der Waals surface area contributed by atoms with Crippen molar-refractivity contribution in [1.29, 1.82) is 0 Å². The van der Waals surface area contributed by atoms with E-state index in [4.69, 9.17) is 4.74 Å². The van der Waals surface area contributed by atoms with Crippen LogP contribution < -0.4 is 0 Å². The lowest BCUT2D eigenvalue weighted by Gasteiger charge is -2.20. The van der Waals surface area contributed by atoms with Crippen LogP contribution in [0.1, 0.15) is 20.3 Å². The molecule has 0 heterocycles. The maximum atomic E-state index is 5.17. The highest BCUT2D eigenvalue weighted by molar-refractivity contribution is 14.1. The number of ether oxygens (including phenoxy) is 1. The molecule has 50 valence electrons. The van der Waals surface area contributed by atoms with E-state index in [9.17, 15) is 0 Å². The van der Waals surface area contributed by atoms with Gasteiger partial charge in [0.2, 0.25) is 0 Å². The second kappa shape index (κ2) is 3.67. The van der Waals surface area contributed by atoms with Crippen molar-refractivity contribution in [2.45, 2.75) is 25.9 Å². The first-order chi connectivity index (χ1) is 3.62. The van der Waals surface area contributed by atoms with E-state index < -0.39 is 0 Å². The summed E-state index contributed by atoms with van der Waals surface area (Å²) in [4.78, 5) is 0. The molecular weight excluding hydrogens is 215 g/mol. The fourth-order valence-corrected chi connectivity index (χ4v) is 1.63. The molecule has 0 amide bonds. The molecular formula is C6H13IO. The molecule has 0 aliphatic rings. The van der Waals surface area contributed by atoms with Gasteiger partial charge in [-0.2, -0.15) is 0 Å². The van der Waals surface area contributed by atoms with Crippen LogP contribution in [0.25, 0.3) is 0 Å². The quantitative estimate of drug-likeness (QED) is 0.531. The second-order valence-electron chi connectivity index (χ2n) is 2.40. The van der Waals surface area contributed by atoms with Crippen LogP contribution in [0.4, 0.5) is 0 Å². The second-order valence-corrected chi connectivity index (χ2v) is 3.48. The average molecular weight is 228 g/mol. The van der Waals surface area contributed by atoms with Crippen molar-refractivity contribution in [3.63, 3.8) is 0 Å². The Hall–Kier alpha value is 0.690. The summed E-state index contributed by atoms with van der Waals surface area (Å²) in [5, 5.41) is 0. The fraction of sp³-hybridized carbons (Fsp3) is 1.00. The summed E-state index contributed by atoms with van der Waals surface area (Å²) in [7, 11) is 1.76. The number of halogens is 1. The minimum atomic E-state index is 0.0845. The van der Waals surface area contributed by atoms with E-state index in [1.807, 2.05) is 0 Å². The summed E-state index contributed by atoms with van der Waals surface area (Å²) >= 11 is 2.36. The molecule has 0 N–H and O–H groups in total. The Morgan fingerprint density at radius 1 is 1.50 bits per heavy atom. The topological polar surface area (TPSA) is 9.23 Å². The molecule has 0 unspecified atom stereocenters. The third-order valence-electron chi connectivity index (χ3n) is 1.25. The summed E-state index contributed by atoms with van der Waals surface area (Å²) in [6.07, 6.45) is 1.13.